The molecule has 1 N–H and O–H groups in total. The minimum Gasteiger partial charge on any atom is -0.323 e. The summed E-state index contributed by atoms with van der Waals surface area (Å²) in [6.45, 7) is 5.58. The van der Waals surface area contributed by atoms with Crippen LogP contribution in [0.5, 0.6) is 0 Å². The summed E-state index contributed by atoms with van der Waals surface area (Å²) in [5.41, 5.74) is -0.546. The van der Waals surface area contributed by atoms with Crippen molar-refractivity contribution in [3.05, 3.63) is 29.8 Å². The number of halogens is 2. The Morgan fingerprint density at radius 3 is 2.53 bits per heavy atom. The molecule has 0 unspecified atom stereocenters. The first-order valence-electron chi connectivity index (χ1n) is 5.63. The third-order valence-corrected chi connectivity index (χ3v) is 2.67. The van der Waals surface area contributed by atoms with Crippen molar-refractivity contribution in [2.24, 2.45) is 5.41 Å². The van der Waals surface area contributed by atoms with E-state index in [-0.39, 0.29) is 11.6 Å². The lowest BCUT2D eigenvalue weighted by atomic mass is 9.87. The number of hydrogen-bond acceptors (Lipinski definition) is 1. The van der Waals surface area contributed by atoms with Crippen molar-refractivity contribution in [2.45, 2.75) is 33.6 Å². The molecule has 4 heteroatoms. The Labute approximate surface area is 100 Å². The van der Waals surface area contributed by atoms with Gasteiger partial charge in [0.2, 0.25) is 5.91 Å². The lowest BCUT2D eigenvalue weighted by Crippen LogP contribution is -2.30. The molecule has 1 aromatic rings. The molecule has 0 bridgehead atoms. The Balaban J connectivity index is 2.81. The van der Waals surface area contributed by atoms with Crippen molar-refractivity contribution in [2.75, 3.05) is 5.32 Å². The average molecular weight is 241 g/mol. The molecule has 0 fully saturated rings. The average Bonchev–Trinajstić information content (AvgIpc) is 2.22. The van der Waals surface area contributed by atoms with Gasteiger partial charge in [-0.3, -0.25) is 4.79 Å². The minimum absolute atomic E-state index is 0.0144. The summed E-state index contributed by atoms with van der Waals surface area (Å²) in [7, 11) is 0. The van der Waals surface area contributed by atoms with Crippen LogP contribution in [-0.4, -0.2) is 5.91 Å². The first-order valence-corrected chi connectivity index (χ1v) is 5.63. The first-order chi connectivity index (χ1) is 7.86. The SMILES string of the molecule is CCCC(C)(C)C(=O)Nc1ccc(F)cc1F. The molecule has 2 nitrogen and oxygen atoms in total. The third kappa shape index (κ3) is 3.51. The predicted molar refractivity (Wildman–Crippen MR) is 63.7 cm³/mol. The summed E-state index contributed by atoms with van der Waals surface area (Å²) in [5.74, 6) is -1.68. The minimum atomic E-state index is -0.759. The molecule has 1 amide bonds. The largest absolute Gasteiger partial charge is 0.323 e. The Morgan fingerprint density at radius 2 is 2.00 bits per heavy atom. The van der Waals surface area contributed by atoms with E-state index in [0.717, 1.165) is 18.6 Å². The molecule has 0 saturated carbocycles. The van der Waals surface area contributed by atoms with Gasteiger partial charge in [0.05, 0.1) is 5.69 Å². The standard InChI is InChI=1S/C13H17F2NO/c1-4-7-13(2,3)12(17)16-11-6-5-9(14)8-10(11)15/h5-6,8H,4,7H2,1-3H3,(H,16,17). The van der Waals surface area contributed by atoms with E-state index in [1.165, 1.54) is 6.07 Å². The van der Waals surface area contributed by atoms with Crippen LogP contribution in [0.25, 0.3) is 0 Å². The molecule has 0 aliphatic heterocycles. The Kier molecular flexibility index (Phi) is 4.21. The second kappa shape index (κ2) is 5.25. The molecule has 1 aromatic carbocycles. The van der Waals surface area contributed by atoms with E-state index in [1.54, 1.807) is 13.8 Å². The highest BCUT2D eigenvalue weighted by Crippen LogP contribution is 2.25. The fraction of sp³-hybridized carbons (Fsp3) is 0.462. The molecule has 0 heterocycles. The van der Waals surface area contributed by atoms with Crippen molar-refractivity contribution in [3.63, 3.8) is 0 Å². The lowest BCUT2D eigenvalue weighted by Gasteiger charge is -2.22. The molecular weight excluding hydrogens is 224 g/mol. The summed E-state index contributed by atoms with van der Waals surface area (Å²) in [6.07, 6.45) is 1.58. The molecule has 94 valence electrons. The van der Waals surface area contributed by atoms with Crippen LogP contribution >= 0.6 is 0 Å². The monoisotopic (exact) mass is 241 g/mol. The fourth-order valence-corrected chi connectivity index (χ4v) is 1.62. The molecule has 0 aliphatic rings. The highest BCUT2D eigenvalue weighted by molar-refractivity contribution is 5.94. The predicted octanol–water partition coefficient (Wildman–Crippen LogP) is 3.73. The highest BCUT2D eigenvalue weighted by Gasteiger charge is 2.27. The lowest BCUT2D eigenvalue weighted by molar-refractivity contribution is -0.124. The van der Waals surface area contributed by atoms with Crippen molar-refractivity contribution in [1.82, 2.24) is 0 Å². The van der Waals surface area contributed by atoms with Gasteiger partial charge in [0, 0.05) is 11.5 Å². The molecule has 0 atom stereocenters. The van der Waals surface area contributed by atoms with E-state index in [9.17, 15) is 13.6 Å². The zero-order valence-corrected chi connectivity index (χ0v) is 10.3. The van der Waals surface area contributed by atoms with Gasteiger partial charge in [-0.05, 0) is 18.6 Å². The second-order valence-electron chi connectivity index (χ2n) is 4.71. The van der Waals surface area contributed by atoms with E-state index in [4.69, 9.17) is 0 Å². The fourth-order valence-electron chi connectivity index (χ4n) is 1.62. The molecule has 0 aromatic heterocycles. The van der Waals surface area contributed by atoms with Crippen LogP contribution in [-0.2, 0) is 4.79 Å². The number of hydrogen-bond donors (Lipinski definition) is 1. The number of carbonyl (C=O) groups excluding carboxylic acids is 1. The van der Waals surface area contributed by atoms with Crippen molar-refractivity contribution < 1.29 is 13.6 Å². The molecule has 0 aliphatic carbocycles. The van der Waals surface area contributed by atoms with Crippen LogP contribution in [0.1, 0.15) is 33.6 Å². The summed E-state index contributed by atoms with van der Waals surface area (Å²) < 4.78 is 26.0. The number of benzene rings is 1. The van der Waals surface area contributed by atoms with Crippen molar-refractivity contribution >= 4 is 11.6 Å². The molecule has 17 heavy (non-hydrogen) atoms. The van der Waals surface area contributed by atoms with Gasteiger partial charge >= 0.3 is 0 Å². The van der Waals surface area contributed by atoms with Crippen molar-refractivity contribution in [1.29, 1.82) is 0 Å². The van der Waals surface area contributed by atoms with Crippen molar-refractivity contribution in [3.8, 4) is 0 Å². The van der Waals surface area contributed by atoms with Gasteiger partial charge in [-0.1, -0.05) is 27.2 Å². The zero-order valence-electron chi connectivity index (χ0n) is 10.3. The van der Waals surface area contributed by atoms with Crippen LogP contribution in [0, 0.1) is 17.0 Å². The Hall–Kier alpha value is -1.45. The number of carbonyl (C=O) groups is 1. The normalized spacial score (nSPS) is 11.4. The summed E-state index contributed by atoms with van der Waals surface area (Å²) in [6, 6.07) is 3.10. The molecule has 0 saturated heterocycles. The van der Waals surface area contributed by atoms with Crippen LogP contribution in [0.4, 0.5) is 14.5 Å². The van der Waals surface area contributed by atoms with E-state index >= 15 is 0 Å². The summed E-state index contributed by atoms with van der Waals surface area (Å²) >= 11 is 0. The molecule has 1 rings (SSSR count). The van der Waals surface area contributed by atoms with Crippen LogP contribution in [0.15, 0.2) is 18.2 Å². The molecule has 0 spiro atoms. The van der Waals surface area contributed by atoms with Gasteiger partial charge in [-0.2, -0.15) is 0 Å². The Bertz CT molecular complexity index is 416. The maximum absolute atomic E-state index is 13.3. The topological polar surface area (TPSA) is 29.1 Å². The maximum Gasteiger partial charge on any atom is 0.230 e. The molecule has 0 radical (unpaired) electrons. The zero-order chi connectivity index (χ0) is 13.1. The number of nitrogens with one attached hydrogen (secondary N) is 1. The van der Waals surface area contributed by atoms with Crippen LogP contribution in [0.3, 0.4) is 0 Å². The van der Waals surface area contributed by atoms with Gasteiger partial charge in [-0.15, -0.1) is 0 Å². The number of anilines is 1. The van der Waals surface area contributed by atoms with Crippen LogP contribution in [0.2, 0.25) is 0 Å². The smallest absolute Gasteiger partial charge is 0.230 e. The first kappa shape index (κ1) is 13.6. The van der Waals surface area contributed by atoms with Gasteiger partial charge in [0.25, 0.3) is 0 Å². The van der Waals surface area contributed by atoms with Crippen LogP contribution < -0.4 is 5.32 Å². The number of amides is 1. The summed E-state index contributed by atoms with van der Waals surface area (Å²) in [5, 5.41) is 2.48. The van der Waals surface area contributed by atoms with E-state index < -0.39 is 17.0 Å². The van der Waals surface area contributed by atoms with E-state index in [2.05, 4.69) is 5.32 Å². The molecular formula is C13H17F2NO. The van der Waals surface area contributed by atoms with Gasteiger partial charge in [0.15, 0.2) is 0 Å². The van der Waals surface area contributed by atoms with Gasteiger partial charge < -0.3 is 5.32 Å². The maximum atomic E-state index is 13.3. The van der Waals surface area contributed by atoms with Gasteiger partial charge in [-0.25, -0.2) is 8.78 Å². The quantitative estimate of drug-likeness (QED) is 0.855. The van der Waals surface area contributed by atoms with E-state index in [0.29, 0.717) is 6.42 Å². The second-order valence-corrected chi connectivity index (χ2v) is 4.71. The van der Waals surface area contributed by atoms with Gasteiger partial charge in [0.1, 0.15) is 11.6 Å². The third-order valence-electron chi connectivity index (χ3n) is 2.67. The summed E-state index contributed by atoms with van der Waals surface area (Å²) in [4.78, 5) is 11.9. The van der Waals surface area contributed by atoms with E-state index in [1.807, 2.05) is 6.92 Å². The Morgan fingerprint density at radius 1 is 1.35 bits per heavy atom. The number of rotatable bonds is 4. The highest BCUT2D eigenvalue weighted by atomic mass is 19.1.